The summed E-state index contributed by atoms with van der Waals surface area (Å²) in [6.07, 6.45) is 4.55. The quantitative estimate of drug-likeness (QED) is 0.209. The molecule has 0 heterocycles. The highest BCUT2D eigenvalue weighted by molar-refractivity contribution is 5.91. The molecule has 3 aromatic rings. The summed E-state index contributed by atoms with van der Waals surface area (Å²) in [4.78, 5) is 0. The molecular weight excluding hydrogens is 411 g/mol. The van der Waals surface area contributed by atoms with Crippen molar-refractivity contribution in [3.63, 3.8) is 0 Å². The molecule has 0 aromatic heterocycles. The summed E-state index contributed by atoms with van der Waals surface area (Å²) in [5.74, 6) is -6.56. The average molecular weight is 432 g/mol. The van der Waals surface area contributed by atoms with Gasteiger partial charge in [-0.1, -0.05) is 37.6 Å². The first kappa shape index (κ1) is 22.5. The van der Waals surface area contributed by atoms with Crippen molar-refractivity contribution in [3.05, 3.63) is 88.8 Å². The van der Waals surface area contributed by atoms with Crippen molar-refractivity contribution in [2.24, 2.45) is 0 Å². The fraction of sp³-hybridized carbons (Fsp3) is 0.200. The minimum Gasteiger partial charge on any atom is -0.490 e. The van der Waals surface area contributed by atoms with Crippen molar-refractivity contribution in [1.29, 1.82) is 0 Å². The number of fused-ring (bicyclic) bond motifs is 1. The van der Waals surface area contributed by atoms with Crippen molar-refractivity contribution >= 4 is 22.4 Å². The molecule has 0 bridgehead atoms. The minimum absolute atomic E-state index is 0.0538. The van der Waals surface area contributed by atoms with E-state index >= 15 is 0 Å². The van der Waals surface area contributed by atoms with Crippen molar-refractivity contribution < 1.29 is 26.7 Å². The number of hydrogen-bond donors (Lipinski definition) is 0. The number of ether oxygens (including phenoxy) is 1. The van der Waals surface area contributed by atoms with Gasteiger partial charge in [0.15, 0.2) is 23.3 Å². The zero-order chi connectivity index (χ0) is 22.5. The zero-order valence-corrected chi connectivity index (χ0v) is 17.1. The van der Waals surface area contributed by atoms with Crippen LogP contribution < -0.4 is 4.74 Å². The van der Waals surface area contributed by atoms with Gasteiger partial charge in [-0.25, -0.2) is 22.0 Å². The highest BCUT2D eigenvalue weighted by Crippen LogP contribution is 2.36. The Labute approximate surface area is 177 Å². The van der Waals surface area contributed by atoms with E-state index < -0.39 is 40.1 Å². The Hall–Kier alpha value is -3.15. The van der Waals surface area contributed by atoms with Gasteiger partial charge in [-0.15, -0.1) is 0 Å². The summed E-state index contributed by atoms with van der Waals surface area (Å²) >= 11 is 0. The lowest BCUT2D eigenvalue weighted by molar-refractivity contribution is 0.362. The molecular formula is C25H21F5O. The van der Waals surface area contributed by atoms with Gasteiger partial charge < -0.3 is 4.74 Å². The van der Waals surface area contributed by atoms with Crippen LogP contribution in [-0.4, -0.2) is 6.61 Å². The standard InChI is InChI=1S/C25H21F5O/c1-3-5-13-31-18-11-9-16(10-12-18)22(27)23(28)19-14-17-8-7-15(6-4-2)21(26)20(17)25(30)24(19)29/h3,5,7-12,14H,4,6,13H2,1-2H3. The van der Waals surface area contributed by atoms with E-state index in [9.17, 15) is 22.0 Å². The Morgan fingerprint density at radius 1 is 0.903 bits per heavy atom. The number of benzene rings is 3. The van der Waals surface area contributed by atoms with Crippen LogP contribution in [0.1, 0.15) is 37.0 Å². The molecule has 3 aromatic carbocycles. The summed E-state index contributed by atoms with van der Waals surface area (Å²) in [6, 6.07) is 9.14. The molecule has 31 heavy (non-hydrogen) atoms. The predicted molar refractivity (Wildman–Crippen MR) is 114 cm³/mol. The molecule has 0 aliphatic carbocycles. The Balaban J connectivity index is 2.02. The van der Waals surface area contributed by atoms with Crippen LogP contribution in [0.3, 0.4) is 0 Å². The second kappa shape index (κ2) is 9.77. The van der Waals surface area contributed by atoms with Gasteiger partial charge in [-0.05, 0) is 54.6 Å². The molecule has 0 saturated heterocycles. The Bertz CT molecular complexity index is 1150. The maximum Gasteiger partial charge on any atom is 0.170 e. The number of halogens is 5. The normalized spacial score (nSPS) is 12.5. The number of allylic oxidation sites excluding steroid dienone is 1. The first-order valence-corrected chi connectivity index (χ1v) is 9.88. The predicted octanol–water partition coefficient (Wildman–Crippen LogP) is 7.93. The second-order valence-corrected chi connectivity index (χ2v) is 6.97. The Morgan fingerprint density at radius 3 is 2.26 bits per heavy atom. The number of aryl methyl sites for hydroxylation is 1. The molecule has 3 rings (SSSR count). The van der Waals surface area contributed by atoms with Gasteiger partial charge in [0.1, 0.15) is 18.2 Å². The molecule has 0 aliphatic heterocycles. The van der Waals surface area contributed by atoms with Crippen molar-refractivity contribution in [3.8, 4) is 5.75 Å². The Morgan fingerprint density at radius 2 is 1.61 bits per heavy atom. The highest BCUT2D eigenvalue weighted by Gasteiger charge is 2.23. The van der Waals surface area contributed by atoms with E-state index in [1.54, 1.807) is 12.2 Å². The summed E-state index contributed by atoms with van der Waals surface area (Å²) in [6.45, 7) is 3.98. The molecule has 0 saturated carbocycles. The SMILES string of the molecule is CC=CCOc1ccc(C(F)=C(F)c2cc3ccc(CCC)c(F)c3c(F)c2F)cc1. The number of hydrogen-bond acceptors (Lipinski definition) is 1. The van der Waals surface area contributed by atoms with Gasteiger partial charge in [-0.2, -0.15) is 0 Å². The number of rotatable bonds is 7. The van der Waals surface area contributed by atoms with Crippen LogP contribution in [0.2, 0.25) is 0 Å². The molecule has 0 spiro atoms. The van der Waals surface area contributed by atoms with Gasteiger partial charge in [0, 0.05) is 5.56 Å². The van der Waals surface area contributed by atoms with E-state index in [1.165, 1.54) is 36.4 Å². The first-order valence-electron chi connectivity index (χ1n) is 9.88. The molecule has 0 atom stereocenters. The molecule has 0 aliphatic rings. The topological polar surface area (TPSA) is 9.23 Å². The lowest BCUT2D eigenvalue weighted by Crippen LogP contribution is -2.00. The van der Waals surface area contributed by atoms with E-state index in [1.807, 2.05) is 13.8 Å². The average Bonchev–Trinajstić information content (AvgIpc) is 2.77. The third-order valence-electron chi connectivity index (χ3n) is 4.84. The van der Waals surface area contributed by atoms with Crippen LogP contribution in [0.25, 0.3) is 22.4 Å². The molecule has 1 nitrogen and oxygen atoms in total. The fourth-order valence-electron chi connectivity index (χ4n) is 3.23. The summed E-state index contributed by atoms with van der Waals surface area (Å²) in [5.41, 5.74) is -0.834. The minimum atomic E-state index is -1.64. The van der Waals surface area contributed by atoms with Crippen LogP contribution in [-0.2, 0) is 6.42 Å². The third-order valence-corrected chi connectivity index (χ3v) is 4.84. The fourth-order valence-corrected chi connectivity index (χ4v) is 3.23. The monoisotopic (exact) mass is 432 g/mol. The Kier molecular flexibility index (Phi) is 7.10. The van der Waals surface area contributed by atoms with Gasteiger partial charge in [0.05, 0.1) is 10.9 Å². The van der Waals surface area contributed by atoms with Gasteiger partial charge >= 0.3 is 0 Å². The molecule has 0 amide bonds. The molecule has 6 heteroatoms. The van der Waals surface area contributed by atoms with Crippen LogP contribution in [0.5, 0.6) is 5.75 Å². The largest absolute Gasteiger partial charge is 0.490 e. The van der Waals surface area contributed by atoms with E-state index in [0.717, 1.165) is 6.07 Å². The highest BCUT2D eigenvalue weighted by atomic mass is 19.2. The zero-order valence-electron chi connectivity index (χ0n) is 17.1. The van der Waals surface area contributed by atoms with Crippen LogP contribution in [0, 0.1) is 17.5 Å². The maximum atomic E-state index is 14.8. The van der Waals surface area contributed by atoms with Crippen LogP contribution >= 0.6 is 0 Å². The van der Waals surface area contributed by atoms with Crippen LogP contribution in [0.15, 0.2) is 54.6 Å². The lowest BCUT2D eigenvalue weighted by atomic mass is 9.99. The van der Waals surface area contributed by atoms with Crippen molar-refractivity contribution in [2.45, 2.75) is 26.7 Å². The molecule has 0 unspecified atom stereocenters. The molecule has 162 valence electrons. The molecule has 0 radical (unpaired) electrons. The first-order chi connectivity index (χ1) is 14.9. The molecule has 0 N–H and O–H groups in total. The summed E-state index contributed by atoms with van der Waals surface area (Å²) in [5, 5.41) is -0.620. The van der Waals surface area contributed by atoms with E-state index in [0.29, 0.717) is 25.2 Å². The smallest absolute Gasteiger partial charge is 0.170 e. The second-order valence-electron chi connectivity index (χ2n) is 6.97. The summed E-state index contributed by atoms with van der Waals surface area (Å²) in [7, 11) is 0. The van der Waals surface area contributed by atoms with Gasteiger partial charge in [-0.3, -0.25) is 0 Å². The van der Waals surface area contributed by atoms with Gasteiger partial charge in [0.2, 0.25) is 0 Å². The van der Waals surface area contributed by atoms with E-state index in [4.69, 9.17) is 4.74 Å². The van der Waals surface area contributed by atoms with Crippen molar-refractivity contribution in [1.82, 2.24) is 0 Å². The maximum absolute atomic E-state index is 14.8. The lowest BCUT2D eigenvalue weighted by Gasteiger charge is -2.11. The summed E-state index contributed by atoms with van der Waals surface area (Å²) < 4.78 is 78.7. The van der Waals surface area contributed by atoms with Gasteiger partial charge in [0.25, 0.3) is 0 Å². The van der Waals surface area contributed by atoms with E-state index in [2.05, 4.69) is 0 Å². The molecule has 0 fully saturated rings. The third kappa shape index (κ3) is 4.63. The van der Waals surface area contributed by atoms with Crippen LogP contribution in [0.4, 0.5) is 22.0 Å². The van der Waals surface area contributed by atoms with E-state index in [-0.39, 0.29) is 16.5 Å². The van der Waals surface area contributed by atoms with Crippen molar-refractivity contribution in [2.75, 3.05) is 6.61 Å².